The minimum absolute atomic E-state index is 0. The van der Waals surface area contributed by atoms with E-state index in [1.807, 2.05) is 54.6 Å². The summed E-state index contributed by atoms with van der Waals surface area (Å²) >= 11 is 0. The average molecular weight is 387 g/mol. The largest absolute Gasteiger partial charge is 0.457 e. The molecule has 27 heavy (non-hydrogen) atoms. The van der Waals surface area contributed by atoms with Gasteiger partial charge >= 0.3 is 0 Å². The molecule has 1 aliphatic heterocycles. The maximum atomic E-state index is 13.4. The van der Waals surface area contributed by atoms with Gasteiger partial charge in [0.25, 0.3) is 5.91 Å². The number of carbonyl (C=O) groups excluding carboxylic acids is 1. The Labute approximate surface area is 167 Å². The van der Waals surface area contributed by atoms with Crippen molar-refractivity contribution < 1.29 is 9.53 Å². The van der Waals surface area contributed by atoms with Crippen LogP contribution in [-0.2, 0) is 0 Å². The number of benzene rings is 2. The molecular formula is C22H27ClN2O2. The number of hydrogen-bond acceptors (Lipinski definition) is 3. The molecule has 5 heteroatoms. The molecule has 4 rings (SSSR count). The van der Waals surface area contributed by atoms with E-state index in [0.29, 0.717) is 17.2 Å². The monoisotopic (exact) mass is 386 g/mol. The summed E-state index contributed by atoms with van der Waals surface area (Å²) in [5, 5.41) is 3.40. The van der Waals surface area contributed by atoms with E-state index < -0.39 is 0 Å². The van der Waals surface area contributed by atoms with Gasteiger partial charge in [-0.1, -0.05) is 36.8 Å². The van der Waals surface area contributed by atoms with E-state index in [4.69, 9.17) is 4.74 Å². The number of nitrogens with one attached hydrogen (secondary N) is 1. The van der Waals surface area contributed by atoms with Crippen molar-refractivity contribution in [2.45, 2.75) is 31.7 Å². The van der Waals surface area contributed by atoms with Gasteiger partial charge in [-0.15, -0.1) is 12.4 Å². The molecule has 0 aromatic heterocycles. The summed E-state index contributed by atoms with van der Waals surface area (Å²) in [5.74, 6) is 2.13. The highest BCUT2D eigenvalue weighted by atomic mass is 35.5. The van der Waals surface area contributed by atoms with E-state index in [-0.39, 0.29) is 24.4 Å². The third-order valence-corrected chi connectivity index (χ3v) is 5.50. The number of para-hydroxylation sites is 2. The quantitative estimate of drug-likeness (QED) is 0.794. The molecule has 144 valence electrons. The van der Waals surface area contributed by atoms with E-state index in [2.05, 4.69) is 10.2 Å². The normalized spacial score (nSPS) is 19.0. The molecule has 0 bridgehead atoms. The second kappa shape index (κ2) is 9.25. The van der Waals surface area contributed by atoms with Crippen LogP contribution in [0.4, 0.5) is 0 Å². The van der Waals surface area contributed by atoms with Crippen molar-refractivity contribution in [1.29, 1.82) is 0 Å². The molecule has 1 saturated carbocycles. The number of halogens is 1. The zero-order chi connectivity index (χ0) is 17.8. The Bertz CT molecular complexity index is 743. The van der Waals surface area contributed by atoms with Crippen LogP contribution in [0.5, 0.6) is 11.5 Å². The number of rotatable bonds is 6. The molecule has 2 fully saturated rings. The second-order valence-electron chi connectivity index (χ2n) is 7.31. The van der Waals surface area contributed by atoms with Gasteiger partial charge in [0.15, 0.2) is 0 Å². The Morgan fingerprint density at radius 3 is 2.44 bits per heavy atom. The van der Waals surface area contributed by atoms with Crippen molar-refractivity contribution in [2.24, 2.45) is 5.92 Å². The van der Waals surface area contributed by atoms with Crippen molar-refractivity contribution in [1.82, 2.24) is 10.2 Å². The fourth-order valence-corrected chi connectivity index (χ4v) is 3.76. The predicted octanol–water partition coefficient (Wildman–Crippen LogP) is 4.50. The van der Waals surface area contributed by atoms with Crippen LogP contribution in [0.3, 0.4) is 0 Å². The van der Waals surface area contributed by atoms with Gasteiger partial charge in [-0.2, -0.15) is 0 Å². The Morgan fingerprint density at radius 1 is 1.04 bits per heavy atom. The topological polar surface area (TPSA) is 41.6 Å². The maximum absolute atomic E-state index is 13.4. The summed E-state index contributed by atoms with van der Waals surface area (Å²) in [5.41, 5.74) is 0.655. The SMILES string of the molecule is Cl.O=C(c1ccccc1Oc1ccccc1)N(CC1CCC1)[C@H]1CCNC1. The number of carbonyl (C=O) groups is 1. The minimum atomic E-state index is 0. The van der Waals surface area contributed by atoms with Crippen molar-refractivity contribution >= 4 is 18.3 Å². The lowest BCUT2D eigenvalue weighted by Gasteiger charge is -2.36. The number of hydrogen-bond donors (Lipinski definition) is 1. The van der Waals surface area contributed by atoms with Crippen LogP contribution < -0.4 is 10.1 Å². The van der Waals surface area contributed by atoms with E-state index >= 15 is 0 Å². The van der Waals surface area contributed by atoms with E-state index in [0.717, 1.165) is 31.8 Å². The van der Waals surface area contributed by atoms with Crippen LogP contribution in [0.25, 0.3) is 0 Å². The van der Waals surface area contributed by atoms with Crippen LogP contribution in [-0.4, -0.2) is 36.5 Å². The van der Waals surface area contributed by atoms with Crippen molar-refractivity contribution in [3.63, 3.8) is 0 Å². The molecule has 2 aromatic carbocycles. The molecule has 0 unspecified atom stereocenters. The smallest absolute Gasteiger partial charge is 0.257 e. The van der Waals surface area contributed by atoms with Gasteiger partial charge in [-0.3, -0.25) is 4.79 Å². The number of nitrogens with zero attached hydrogens (tertiary/aromatic N) is 1. The van der Waals surface area contributed by atoms with Crippen molar-refractivity contribution in [3.8, 4) is 11.5 Å². The molecule has 0 spiro atoms. The van der Waals surface area contributed by atoms with E-state index in [9.17, 15) is 4.79 Å². The standard InChI is InChI=1S/C22H26N2O2.ClH/c25-22(24(16-17-7-6-8-17)18-13-14-23-15-18)20-11-4-5-12-21(20)26-19-9-2-1-3-10-19;/h1-5,9-12,17-18,23H,6-8,13-16H2;1H/t18-;/m0./s1. The zero-order valence-electron chi connectivity index (χ0n) is 15.5. The molecule has 1 heterocycles. The van der Waals surface area contributed by atoms with Crippen LogP contribution in [0, 0.1) is 5.92 Å². The molecule has 1 aliphatic carbocycles. The van der Waals surface area contributed by atoms with Gasteiger partial charge in [0.05, 0.1) is 5.56 Å². The van der Waals surface area contributed by atoms with Gasteiger partial charge in [0.1, 0.15) is 11.5 Å². The van der Waals surface area contributed by atoms with Crippen LogP contribution in [0.1, 0.15) is 36.0 Å². The van der Waals surface area contributed by atoms with Crippen LogP contribution in [0.15, 0.2) is 54.6 Å². The predicted molar refractivity (Wildman–Crippen MR) is 110 cm³/mol. The summed E-state index contributed by atoms with van der Waals surface area (Å²) < 4.78 is 6.03. The highest BCUT2D eigenvalue weighted by Crippen LogP contribution is 2.31. The number of amides is 1. The van der Waals surface area contributed by atoms with Gasteiger partial charge in [-0.05, 0) is 56.0 Å². The summed E-state index contributed by atoms with van der Waals surface area (Å²) in [6.07, 6.45) is 4.81. The van der Waals surface area contributed by atoms with E-state index in [1.165, 1.54) is 19.3 Å². The first-order chi connectivity index (χ1) is 12.8. The second-order valence-corrected chi connectivity index (χ2v) is 7.31. The Kier molecular flexibility index (Phi) is 6.75. The van der Waals surface area contributed by atoms with Crippen LogP contribution >= 0.6 is 12.4 Å². The first-order valence-electron chi connectivity index (χ1n) is 9.65. The number of ether oxygens (including phenoxy) is 1. The van der Waals surface area contributed by atoms with Crippen molar-refractivity contribution in [2.75, 3.05) is 19.6 Å². The first kappa shape index (κ1) is 19.7. The highest BCUT2D eigenvalue weighted by molar-refractivity contribution is 5.97. The lowest BCUT2D eigenvalue weighted by Crippen LogP contribution is -2.45. The first-order valence-corrected chi connectivity index (χ1v) is 9.65. The third-order valence-electron chi connectivity index (χ3n) is 5.50. The van der Waals surface area contributed by atoms with Crippen molar-refractivity contribution in [3.05, 3.63) is 60.2 Å². The molecule has 1 N–H and O–H groups in total. The maximum Gasteiger partial charge on any atom is 0.257 e. The molecule has 2 aliphatic rings. The van der Waals surface area contributed by atoms with Gasteiger partial charge in [0.2, 0.25) is 0 Å². The summed E-state index contributed by atoms with van der Waals surface area (Å²) in [6.45, 7) is 2.74. The fourth-order valence-electron chi connectivity index (χ4n) is 3.76. The summed E-state index contributed by atoms with van der Waals surface area (Å²) in [7, 11) is 0. The Morgan fingerprint density at radius 2 is 1.78 bits per heavy atom. The molecule has 0 radical (unpaired) electrons. The lowest BCUT2D eigenvalue weighted by atomic mass is 9.84. The van der Waals surface area contributed by atoms with Crippen LogP contribution in [0.2, 0.25) is 0 Å². The molecule has 1 atom stereocenters. The lowest BCUT2D eigenvalue weighted by molar-refractivity contribution is 0.0613. The molecular weight excluding hydrogens is 360 g/mol. The minimum Gasteiger partial charge on any atom is -0.457 e. The fraction of sp³-hybridized carbons (Fsp3) is 0.409. The van der Waals surface area contributed by atoms with E-state index in [1.54, 1.807) is 0 Å². The molecule has 2 aromatic rings. The molecule has 1 saturated heterocycles. The van der Waals surface area contributed by atoms with Gasteiger partial charge in [0, 0.05) is 19.1 Å². The summed E-state index contributed by atoms with van der Waals surface area (Å²) in [6, 6.07) is 17.5. The average Bonchev–Trinajstić information content (AvgIpc) is 3.16. The van der Waals surface area contributed by atoms with Gasteiger partial charge < -0.3 is 15.0 Å². The zero-order valence-corrected chi connectivity index (χ0v) is 16.3. The van der Waals surface area contributed by atoms with Gasteiger partial charge in [-0.25, -0.2) is 0 Å². The Hall–Kier alpha value is -2.04. The Balaban J connectivity index is 0.00000210. The highest BCUT2D eigenvalue weighted by Gasteiger charge is 2.32. The third kappa shape index (κ3) is 4.63. The molecule has 4 nitrogen and oxygen atoms in total. The molecule has 1 amide bonds. The summed E-state index contributed by atoms with van der Waals surface area (Å²) in [4.78, 5) is 15.5.